The zero-order chi connectivity index (χ0) is 20.5. The van der Waals surface area contributed by atoms with Crippen LogP contribution in [0.15, 0.2) is 49.1 Å². The molecule has 0 radical (unpaired) electrons. The molecule has 154 valence electrons. The number of fused-ring (bicyclic) bond motifs is 1. The minimum Gasteiger partial charge on any atom is -0.480 e. The summed E-state index contributed by atoms with van der Waals surface area (Å²) in [5, 5.41) is 0. The first-order valence-electron chi connectivity index (χ1n) is 10.3. The summed E-state index contributed by atoms with van der Waals surface area (Å²) in [6.45, 7) is 4.72. The minimum absolute atomic E-state index is 0.0848. The molecule has 1 amide bonds. The van der Waals surface area contributed by atoms with Gasteiger partial charge in [-0.2, -0.15) is 0 Å². The summed E-state index contributed by atoms with van der Waals surface area (Å²) in [5.41, 5.74) is 1.18. The van der Waals surface area contributed by atoms with Crippen molar-refractivity contribution >= 4 is 11.7 Å². The van der Waals surface area contributed by atoms with E-state index in [1.165, 1.54) is 5.56 Å². The molecule has 2 aliphatic rings. The number of aromatic nitrogens is 4. The van der Waals surface area contributed by atoms with Crippen molar-refractivity contribution in [2.24, 2.45) is 0 Å². The van der Waals surface area contributed by atoms with Gasteiger partial charge in [-0.25, -0.2) is 15.0 Å². The number of carbonyl (C=O) groups is 1. The summed E-state index contributed by atoms with van der Waals surface area (Å²) in [6, 6.07) is 9.94. The van der Waals surface area contributed by atoms with E-state index < -0.39 is 0 Å². The predicted molar refractivity (Wildman–Crippen MR) is 112 cm³/mol. The predicted octanol–water partition coefficient (Wildman–Crippen LogP) is 2.01. The van der Waals surface area contributed by atoms with Gasteiger partial charge in [0, 0.05) is 44.6 Å². The summed E-state index contributed by atoms with van der Waals surface area (Å²) in [4.78, 5) is 30.2. The molecule has 0 spiro atoms. The van der Waals surface area contributed by atoms with Gasteiger partial charge in [0.15, 0.2) is 6.10 Å². The lowest BCUT2D eigenvalue weighted by molar-refractivity contribution is -0.139. The average molecular weight is 404 g/mol. The first-order valence-corrected chi connectivity index (χ1v) is 10.3. The van der Waals surface area contributed by atoms with E-state index in [1.54, 1.807) is 12.5 Å². The van der Waals surface area contributed by atoms with Gasteiger partial charge in [-0.1, -0.05) is 18.2 Å². The Hall–Kier alpha value is -3.42. The van der Waals surface area contributed by atoms with E-state index in [1.807, 2.05) is 46.9 Å². The third kappa shape index (κ3) is 3.49. The first-order chi connectivity index (χ1) is 14.7. The highest BCUT2D eigenvalue weighted by molar-refractivity contribution is 5.82. The van der Waals surface area contributed by atoms with E-state index in [0.717, 1.165) is 49.1 Å². The van der Waals surface area contributed by atoms with Crippen molar-refractivity contribution in [2.45, 2.75) is 25.9 Å². The first kappa shape index (κ1) is 18.6. The molecule has 1 aromatic carbocycles. The maximum Gasteiger partial charge on any atom is 0.263 e. The summed E-state index contributed by atoms with van der Waals surface area (Å²) in [6.07, 6.45) is 6.45. The molecule has 30 heavy (non-hydrogen) atoms. The Morgan fingerprint density at radius 1 is 1.07 bits per heavy atom. The summed E-state index contributed by atoms with van der Waals surface area (Å²) in [7, 11) is 0. The van der Waals surface area contributed by atoms with Crippen molar-refractivity contribution in [1.82, 2.24) is 24.4 Å². The summed E-state index contributed by atoms with van der Waals surface area (Å²) in [5.74, 6) is 3.46. The van der Waals surface area contributed by atoms with Crippen LogP contribution in [0.4, 0.5) is 5.82 Å². The van der Waals surface area contributed by atoms with Gasteiger partial charge < -0.3 is 14.5 Å². The number of hydrogen-bond acceptors (Lipinski definition) is 6. The van der Waals surface area contributed by atoms with Crippen LogP contribution in [0.25, 0.3) is 5.82 Å². The number of hydrogen-bond donors (Lipinski definition) is 0. The fourth-order valence-corrected chi connectivity index (χ4v) is 4.12. The molecule has 0 aliphatic carbocycles. The van der Waals surface area contributed by atoms with Crippen molar-refractivity contribution in [3.63, 3.8) is 0 Å². The van der Waals surface area contributed by atoms with Gasteiger partial charge in [0.25, 0.3) is 5.91 Å². The number of nitrogens with zero attached hydrogens (tertiary/aromatic N) is 6. The van der Waals surface area contributed by atoms with Crippen LogP contribution in [0.1, 0.15) is 17.8 Å². The summed E-state index contributed by atoms with van der Waals surface area (Å²) < 4.78 is 7.93. The fourth-order valence-electron chi connectivity index (χ4n) is 4.12. The number of piperazine rings is 1. The molecule has 1 unspecified atom stereocenters. The van der Waals surface area contributed by atoms with Crippen LogP contribution in [0.3, 0.4) is 0 Å². The number of imidazole rings is 1. The molecule has 0 saturated carbocycles. The monoisotopic (exact) mass is 404 g/mol. The van der Waals surface area contributed by atoms with E-state index in [0.29, 0.717) is 13.1 Å². The number of benzene rings is 1. The third-order valence-electron chi connectivity index (χ3n) is 5.82. The SMILES string of the molecule is Cc1nccn1-c1cc(N2CCN(C(=O)C3CCc4ccccc4O3)CC2)ncn1. The molecule has 2 aliphatic heterocycles. The molecule has 2 aromatic heterocycles. The highest BCUT2D eigenvalue weighted by Crippen LogP contribution is 2.28. The smallest absolute Gasteiger partial charge is 0.263 e. The molecule has 0 bridgehead atoms. The van der Waals surface area contributed by atoms with Crippen molar-refractivity contribution in [3.05, 3.63) is 60.4 Å². The molecule has 1 atom stereocenters. The van der Waals surface area contributed by atoms with Gasteiger partial charge in [0.2, 0.25) is 0 Å². The quantitative estimate of drug-likeness (QED) is 0.665. The van der Waals surface area contributed by atoms with Crippen LogP contribution in [0.2, 0.25) is 0 Å². The van der Waals surface area contributed by atoms with Gasteiger partial charge >= 0.3 is 0 Å². The van der Waals surface area contributed by atoms with E-state index in [9.17, 15) is 4.79 Å². The molecular formula is C22H24N6O2. The molecule has 8 heteroatoms. The van der Waals surface area contributed by atoms with E-state index >= 15 is 0 Å². The van der Waals surface area contributed by atoms with Gasteiger partial charge in [0.1, 0.15) is 29.5 Å². The molecule has 5 rings (SSSR count). The highest BCUT2D eigenvalue weighted by atomic mass is 16.5. The Morgan fingerprint density at radius 3 is 2.67 bits per heavy atom. The van der Waals surface area contributed by atoms with E-state index in [-0.39, 0.29) is 12.0 Å². The van der Waals surface area contributed by atoms with Crippen LogP contribution in [0.5, 0.6) is 5.75 Å². The number of ether oxygens (including phenoxy) is 1. The highest BCUT2D eigenvalue weighted by Gasteiger charge is 2.31. The second-order valence-corrected chi connectivity index (χ2v) is 7.64. The Labute approximate surface area is 175 Å². The fraction of sp³-hybridized carbons (Fsp3) is 0.364. The van der Waals surface area contributed by atoms with Crippen LogP contribution >= 0.6 is 0 Å². The number of carbonyl (C=O) groups excluding carboxylic acids is 1. The van der Waals surface area contributed by atoms with E-state index in [4.69, 9.17) is 4.74 Å². The summed E-state index contributed by atoms with van der Waals surface area (Å²) >= 11 is 0. The van der Waals surface area contributed by atoms with Gasteiger partial charge in [0.05, 0.1) is 0 Å². The number of para-hydroxylation sites is 1. The van der Waals surface area contributed by atoms with Crippen LogP contribution in [-0.4, -0.2) is 62.6 Å². The number of aryl methyl sites for hydroxylation is 2. The Morgan fingerprint density at radius 2 is 1.87 bits per heavy atom. The van der Waals surface area contributed by atoms with Crippen LogP contribution in [0, 0.1) is 6.92 Å². The van der Waals surface area contributed by atoms with Crippen molar-refractivity contribution < 1.29 is 9.53 Å². The van der Waals surface area contributed by atoms with Crippen LogP contribution < -0.4 is 9.64 Å². The lowest BCUT2D eigenvalue weighted by Gasteiger charge is -2.37. The number of amides is 1. The van der Waals surface area contributed by atoms with Crippen molar-refractivity contribution in [1.29, 1.82) is 0 Å². The second kappa shape index (κ2) is 7.78. The molecule has 1 fully saturated rings. The van der Waals surface area contributed by atoms with Gasteiger partial charge in [-0.15, -0.1) is 0 Å². The molecular weight excluding hydrogens is 380 g/mol. The van der Waals surface area contributed by atoms with Crippen molar-refractivity contribution in [3.8, 4) is 11.6 Å². The van der Waals surface area contributed by atoms with Gasteiger partial charge in [-0.3, -0.25) is 9.36 Å². The lowest BCUT2D eigenvalue weighted by Crippen LogP contribution is -2.53. The second-order valence-electron chi connectivity index (χ2n) is 7.64. The number of rotatable bonds is 3. The molecule has 4 heterocycles. The third-order valence-corrected chi connectivity index (χ3v) is 5.82. The van der Waals surface area contributed by atoms with E-state index in [2.05, 4.69) is 25.9 Å². The maximum absolute atomic E-state index is 13.0. The normalized spacial score (nSPS) is 18.6. The van der Waals surface area contributed by atoms with Crippen molar-refractivity contribution in [2.75, 3.05) is 31.1 Å². The molecule has 1 saturated heterocycles. The molecule has 8 nitrogen and oxygen atoms in total. The Kier molecular flexibility index (Phi) is 4.82. The average Bonchev–Trinajstić information content (AvgIpc) is 3.24. The topological polar surface area (TPSA) is 76.4 Å². The Bertz CT molecular complexity index is 1060. The van der Waals surface area contributed by atoms with Crippen LogP contribution in [-0.2, 0) is 11.2 Å². The van der Waals surface area contributed by atoms with Gasteiger partial charge in [-0.05, 0) is 31.4 Å². The maximum atomic E-state index is 13.0. The Balaban J connectivity index is 1.23. The zero-order valence-corrected chi connectivity index (χ0v) is 16.9. The lowest BCUT2D eigenvalue weighted by atomic mass is 10.0. The molecule has 3 aromatic rings. The zero-order valence-electron chi connectivity index (χ0n) is 16.9. The minimum atomic E-state index is -0.388. The largest absolute Gasteiger partial charge is 0.480 e. The number of anilines is 1. The standard InChI is InChI=1S/C22H24N6O2/c1-16-23-8-9-28(16)21-14-20(24-15-25-21)26-10-12-27(13-11-26)22(29)19-7-6-17-4-2-3-5-18(17)30-19/h2-5,8-9,14-15,19H,6-7,10-13H2,1H3. The molecule has 0 N–H and O–H groups in total.